The molecule has 0 fully saturated rings. The van der Waals surface area contributed by atoms with Crippen molar-refractivity contribution in [1.82, 2.24) is 10.3 Å². The van der Waals surface area contributed by atoms with Gasteiger partial charge < -0.3 is 10.3 Å². The summed E-state index contributed by atoms with van der Waals surface area (Å²) in [6.45, 7) is 5.17. The van der Waals surface area contributed by atoms with Crippen LogP contribution < -0.4 is 5.32 Å². The van der Waals surface area contributed by atoms with Crippen molar-refractivity contribution in [2.75, 3.05) is 13.6 Å². The van der Waals surface area contributed by atoms with E-state index in [0.29, 0.717) is 11.4 Å². The van der Waals surface area contributed by atoms with Gasteiger partial charge in [0, 0.05) is 11.1 Å². The second-order valence-electron chi connectivity index (χ2n) is 4.69. The molecule has 2 rings (SSSR count). The second kappa shape index (κ2) is 4.88. The minimum Gasteiger partial charge on any atom is -0.356 e. The molecule has 1 aromatic heterocycles. The average Bonchev–Trinajstić information content (AvgIpc) is 2.67. The molecule has 1 aromatic carbocycles. The lowest BCUT2D eigenvalue weighted by molar-refractivity contribution is 0.636. The lowest BCUT2D eigenvalue weighted by Gasteiger charge is -2.07. The molecule has 1 heterocycles. The van der Waals surface area contributed by atoms with Crippen molar-refractivity contribution in [2.24, 2.45) is 0 Å². The van der Waals surface area contributed by atoms with Crippen LogP contribution in [0.25, 0.3) is 10.9 Å². The van der Waals surface area contributed by atoms with Crippen molar-refractivity contribution in [1.29, 1.82) is 0 Å². The first-order valence-electron chi connectivity index (χ1n) is 6.08. The molecular weight excluding hydrogens is 215 g/mol. The van der Waals surface area contributed by atoms with E-state index in [1.165, 1.54) is 11.6 Å². The monoisotopic (exact) mass is 234 g/mol. The molecular formula is C14H19FN2. The zero-order valence-electron chi connectivity index (χ0n) is 10.6. The number of fused-ring (bicyclic) bond motifs is 1. The summed E-state index contributed by atoms with van der Waals surface area (Å²) in [5.41, 5.74) is 3.03. The Labute approximate surface area is 101 Å². The van der Waals surface area contributed by atoms with Gasteiger partial charge in [-0.05, 0) is 37.6 Å². The van der Waals surface area contributed by atoms with Crippen molar-refractivity contribution in [3.63, 3.8) is 0 Å². The zero-order valence-corrected chi connectivity index (χ0v) is 10.6. The number of halogens is 1. The van der Waals surface area contributed by atoms with Crippen LogP contribution in [0.3, 0.4) is 0 Å². The van der Waals surface area contributed by atoms with Crippen LogP contribution in [0.15, 0.2) is 18.2 Å². The fraction of sp³-hybridized carbons (Fsp3) is 0.429. The quantitative estimate of drug-likeness (QED) is 0.835. The maximum Gasteiger partial charge on any atom is 0.147 e. The van der Waals surface area contributed by atoms with Gasteiger partial charge in [0.05, 0.1) is 5.52 Å². The normalized spacial score (nSPS) is 11.6. The number of rotatable bonds is 4. The summed E-state index contributed by atoms with van der Waals surface area (Å²) in [7, 11) is 1.93. The summed E-state index contributed by atoms with van der Waals surface area (Å²) in [5, 5.41) is 4.16. The van der Waals surface area contributed by atoms with E-state index in [2.05, 4.69) is 24.1 Å². The highest BCUT2D eigenvalue weighted by Crippen LogP contribution is 2.29. The highest BCUT2D eigenvalue weighted by atomic mass is 19.1. The Morgan fingerprint density at radius 1 is 1.35 bits per heavy atom. The minimum atomic E-state index is -0.167. The maximum absolute atomic E-state index is 13.7. The van der Waals surface area contributed by atoms with Crippen LogP contribution in [-0.2, 0) is 6.42 Å². The van der Waals surface area contributed by atoms with Gasteiger partial charge in [-0.3, -0.25) is 0 Å². The number of para-hydroxylation sites is 1. The minimum absolute atomic E-state index is 0.167. The van der Waals surface area contributed by atoms with Gasteiger partial charge in [-0.1, -0.05) is 26.0 Å². The Balaban J connectivity index is 2.59. The molecule has 0 aliphatic rings. The molecule has 17 heavy (non-hydrogen) atoms. The van der Waals surface area contributed by atoms with E-state index in [1.54, 1.807) is 6.07 Å². The number of H-pyrrole nitrogens is 1. The van der Waals surface area contributed by atoms with E-state index >= 15 is 0 Å². The lowest BCUT2D eigenvalue weighted by Crippen LogP contribution is -2.11. The molecule has 2 aromatic rings. The van der Waals surface area contributed by atoms with E-state index in [-0.39, 0.29) is 5.82 Å². The van der Waals surface area contributed by atoms with Gasteiger partial charge in [0.2, 0.25) is 0 Å². The van der Waals surface area contributed by atoms with Gasteiger partial charge in [0.1, 0.15) is 5.82 Å². The van der Waals surface area contributed by atoms with Crippen molar-refractivity contribution in [3.8, 4) is 0 Å². The van der Waals surface area contributed by atoms with Gasteiger partial charge >= 0.3 is 0 Å². The topological polar surface area (TPSA) is 27.8 Å². The van der Waals surface area contributed by atoms with Gasteiger partial charge in [0.15, 0.2) is 0 Å². The van der Waals surface area contributed by atoms with Crippen molar-refractivity contribution in [2.45, 2.75) is 26.2 Å². The third kappa shape index (κ3) is 2.20. The predicted octanol–water partition coefficient (Wildman–Crippen LogP) is 3.19. The second-order valence-corrected chi connectivity index (χ2v) is 4.69. The summed E-state index contributed by atoms with van der Waals surface area (Å²) in [4.78, 5) is 3.24. The number of hydrogen-bond donors (Lipinski definition) is 2. The summed E-state index contributed by atoms with van der Waals surface area (Å²) in [6, 6.07) is 5.27. The SMILES string of the molecule is CNCCc1c(C(C)C)[nH]c2c(F)cccc12. The molecule has 2 N–H and O–H groups in total. The van der Waals surface area contributed by atoms with E-state index < -0.39 is 0 Å². The molecule has 0 unspecified atom stereocenters. The molecule has 0 aliphatic heterocycles. The highest BCUT2D eigenvalue weighted by molar-refractivity contribution is 5.85. The van der Waals surface area contributed by atoms with Crippen molar-refractivity contribution >= 4 is 10.9 Å². The van der Waals surface area contributed by atoms with Gasteiger partial charge in [-0.2, -0.15) is 0 Å². The van der Waals surface area contributed by atoms with Gasteiger partial charge in [-0.15, -0.1) is 0 Å². The number of likely N-dealkylation sites (N-methyl/N-ethyl adjacent to an activating group) is 1. The molecule has 0 spiro atoms. The lowest BCUT2D eigenvalue weighted by atomic mass is 10.0. The van der Waals surface area contributed by atoms with Crippen LogP contribution in [0, 0.1) is 5.82 Å². The smallest absolute Gasteiger partial charge is 0.147 e. The number of nitrogens with one attached hydrogen (secondary N) is 2. The largest absolute Gasteiger partial charge is 0.356 e. The number of hydrogen-bond acceptors (Lipinski definition) is 1. The molecule has 92 valence electrons. The number of benzene rings is 1. The van der Waals surface area contributed by atoms with Gasteiger partial charge in [0.25, 0.3) is 0 Å². The van der Waals surface area contributed by atoms with E-state index in [1.807, 2.05) is 13.1 Å². The third-order valence-electron chi connectivity index (χ3n) is 3.13. The fourth-order valence-corrected chi connectivity index (χ4v) is 2.27. The van der Waals surface area contributed by atoms with Crippen molar-refractivity contribution in [3.05, 3.63) is 35.3 Å². The highest BCUT2D eigenvalue weighted by Gasteiger charge is 2.15. The molecule has 0 radical (unpaired) electrons. The van der Waals surface area contributed by atoms with Crippen LogP contribution in [0.2, 0.25) is 0 Å². The molecule has 0 aliphatic carbocycles. The maximum atomic E-state index is 13.7. The first kappa shape index (κ1) is 12.1. The van der Waals surface area contributed by atoms with Crippen molar-refractivity contribution < 1.29 is 4.39 Å². The van der Waals surface area contributed by atoms with Crippen LogP contribution in [0.4, 0.5) is 4.39 Å². The summed E-state index contributed by atoms with van der Waals surface area (Å²) < 4.78 is 13.7. The third-order valence-corrected chi connectivity index (χ3v) is 3.13. The average molecular weight is 234 g/mol. The number of aromatic amines is 1. The Hall–Kier alpha value is -1.35. The summed E-state index contributed by atoms with van der Waals surface area (Å²) in [5.74, 6) is 0.216. The molecule has 0 saturated heterocycles. The summed E-state index contributed by atoms with van der Waals surface area (Å²) in [6.07, 6.45) is 0.924. The molecule has 2 nitrogen and oxygen atoms in total. The molecule has 0 saturated carbocycles. The first-order chi connectivity index (χ1) is 8.15. The predicted molar refractivity (Wildman–Crippen MR) is 70.0 cm³/mol. The van der Waals surface area contributed by atoms with Crippen LogP contribution in [0.5, 0.6) is 0 Å². The van der Waals surface area contributed by atoms with Crippen LogP contribution in [-0.4, -0.2) is 18.6 Å². The molecule has 3 heteroatoms. The van der Waals surface area contributed by atoms with E-state index in [9.17, 15) is 4.39 Å². The Kier molecular flexibility index (Phi) is 3.48. The van der Waals surface area contributed by atoms with E-state index in [4.69, 9.17) is 0 Å². The van der Waals surface area contributed by atoms with E-state index in [0.717, 1.165) is 24.0 Å². The molecule has 0 amide bonds. The van der Waals surface area contributed by atoms with Crippen LogP contribution >= 0.6 is 0 Å². The summed E-state index contributed by atoms with van der Waals surface area (Å²) >= 11 is 0. The molecule has 0 atom stereocenters. The Bertz CT molecular complexity index is 514. The zero-order chi connectivity index (χ0) is 12.4. The standard InChI is InChI=1S/C14H19FN2/c1-9(2)13-11(7-8-16-3)10-5-4-6-12(15)14(10)17-13/h4-6,9,16-17H,7-8H2,1-3H3. The molecule has 0 bridgehead atoms. The first-order valence-corrected chi connectivity index (χ1v) is 6.08. The van der Waals surface area contributed by atoms with Gasteiger partial charge in [-0.25, -0.2) is 4.39 Å². The fourth-order valence-electron chi connectivity index (χ4n) is 2.27. The number of aromatic nitrogens is 1. The van der Waals surface area contributed by atoms with Crippen LogP contribution in [0.1, 0.15) is 31.0 Å². The Morgan fingerprint density at radius 3 is 2.76 bits per heavy atom. The Morgan fingerprint density at radius 2 is 2.12 bits per heavy atom.